The Bertz CT molecular complexity index is 884. The van der Waals surface area contributed by atoms with E-state index in [-0.39, 0.29) is 11.6 Å². The molecule has 27 heavy (non-hydrogen) atoms. The maximum Gasteiger partial charge on any atom is 0.323 e. The van der Waals surface area contributed by atoms with E-state index in [2.05, 4.69) is 20.3 Å². The number of nitrogens with zero attached hydrogens (tertiary/aromatic N) is 5. The van der Waals surface area contributed by atoms with Crippen LogP contribution in [0.5, 0.6) is 0 Å². The van der Waals surface area contributed by atoms with Crippen molar-refractivity contribution in [3.63, 3.8) is 0 Å². The number of piperazine rings is 1. The molecular weight excluding hydrogens is 364 g/mol. The molecule has 0 spiro atoms. The van der Waals surface area contributed by atoms with Crippen LogP contribution in [-0.4, -0.2) is 63.3 Å². The van der Waals surface area contributed by atoms with Crippen LogP contribution in [0.3, 0.4) is 0 Å². The van der Waals surface area contributed by atoms with Crippen LogP contribution < -0.4 is 10.9 Å². The van der Waals surface area contributed by atoms with Gasteiger partial charge in [-0.15, -0.1) is 11.3 Å². The molecule has 0 bridgehead atoms. The molecule has 2 aliphatic rings. The van der Waals surface area contributed by atoms with E-state index in [9.17, 15) is 9.59 Å². The van der Waals surface area contributed by atoms with Gasteiger partial charge in [-0.1, -0.05) is 0 Å². The van der Waals surface area contributed by atoms with Gasteiger partial charge in [0.1, 0.15) is 0 Å². The van der Waals surface area contributed by atoms with Crippen molar-refractivity contribution in [1.82, 2.24) is 24.6 Å². The number of hydrogen-bond donors (Lipinski definition) is 1. The van der Waals surface area contributed by atoms with Crippen LogP contribution in [0.15, 0.2) is 17.1 Å². The van der Waals surface area contributed by atoms with E-state index in [0.29, 0.717) is 24.8 Å². The lowest BCUT2D eigenvalue weighted by molar-refractivity contribution is 0.143. The summed E-state index contributed by atoms with van der Waals surface area (Å²) in [5.74, 6) is 0. The molecular formula is C18H24N6O2S. The van der Waals surface area contributed by atoms with Crippen molar-refractivity contribution >= 4 is 22.5 Å². The van der Waals surface area contributed by atoms with Gasteiger partial charge in [0, 0.05) is 49.9 Å². The normalized spacial score (nSPS) is 17.1. The van der Waals surface area contributed by atoms with Crippen LogP contribution in [0.2, 0.25) is 0 Å². The number of fused-ring (bicyclic) bond motifs is 1. The molecule has 0 radical (unpaired) electrons. The quantitative estimate of drug-likeness (QED) is 0.855. The predicted molar refractivity (Wildman–Crippen MR) is 104 cm³/mol. The molecule has 0 atom stereocenters. The fourth-order valence-electron chi connectivity index (χ4n) is 3.59. The summed E-state index contributed by atoms with van der Waals surface area (Å²) in [6.07, 6.45) is 4.80. The molecule has 4 rings (SSSR count). The average Bonchev–Trinajstić information content (AvgIpc) is 3.28. The van der Waals surface area contributed by atoms with Gasteiger partial charge in [0.15, 0.2) is 5.13 Å². The third-order valence-corrected chi connectivity index (χ3v) is 5.97. The first kappa shape index (κ1) is 18.1. The molecule has 2 aromatic heterocycles. The standard InChI is InChI=1S/C18H24N6O2S/c1-13-12-19-17(27-13)20-18(26)23-8-5-22(6-9-23)7-10-24-16(25)11-14-3-2-4-15(14)21-24/h11-12H,2-10H2,1H3,(H,19,20,26). The van der Waals surface area contributed by atoms with E-state index < -0.39 is 0 Å². The molecule has 8 nitrogen and oxygen atoms in total. The Morgan fingerprint density at radius 3 is 2.78 bits per heavy atom. The van der Waals surface area contributed by atoms with E-state index in [4.69, 9.17) is 0 Å². The van der Waals surface area contributed by atoms with Crippen molar-refractivity contribution < 1.29 is 4.79 Å². The first-order valence-electron chi connectivity index (χ1n) is 9.39. The van der Waals surface area contributed by atoms with Crippen LogP contribution in [0.1, 0.15) is 22.6 Å². The molecule has 1 aliphatic heterocycles. The minimum Gasteiger partial charge on any atom is -0.322 e. The zero-order chi connectivity index (χ0) is 18.8. The molecule has 1 saturated heterocycles. The second kappa shape index (κ2) is 7.77. The summed E-state index contributed by atoms with van der Waals surface area (Å²) in [4.78, 5) is 33.8. The Hall–Kier alpha value is -2.26. The predicted octanol–water partition coefficient (Wildman–Crippen LogP) is 1.35. The van der Waals surface area contributed by atoms with E-state index in [0.717, 1.165) is 55.0 Å². The first-order chi connectivity index (χ1) is 13.1. The van der Waals surface area contributed by atoms with Crippen LogP contribution in [0.4, 0.5) is 9.93 Å². The number of carbonyl (C=O) groups excluding carboxylic acids is 1. The molecule has 9 heteroatoms. The lowest BCUT2D eigenvalue weighted by Gasteiger charge is -2.34. The van der Waals surface area contributed by atoms with Crippen LogP contribution in [-0.2, 0) is 19.4 Å². The number of amides is 2. The minimum atomic E-state index is -0.0968. The Balaban J connectivity index is 1.26. The largest absolute Gasteiger partial charge is 0.323 e. The molecule has 3 heterocycles. The summed E-state index contributed by atoms with van der Waals surface area (Å²) < 4.78 is 1.59. The fraction of sp³-hybridized carbons (Fsp3) is 0.556. The van der Waals surface area contributed by atoms with Gasteiger partial charge >= 0.3 is 6.03 Å². The zero-order valence-electron chi connectivity index (χ0n) is 15.5. The Kier molecular flexibility index (Phi) is 5.22. The summed E-state index contributed by atoms with van der Waals surface area (Å²) in [6.45, 7) is 6.26. The molecule has 0 unspecified atom stereocenters. The van der Waals surface area contributed by atoms with Crippen LogP contribution >= 0.6 is 11.3 Å². The lowest BCUT2D eigenvalue weighted by atomic mass is 10.2. The number of anilines is 1. The van der Waals surface area contributed by atoms with Gasteiger partial charge in [-0.2, -0.15) is 5.10 Å². The van der Waals surface area contributed by atoms with Crippen LogP contribution in [0.25, 0.3) is 0 Å². The molecule has 2 amide bonds. The SMILES string of the molecule is Cc1cnc(NC(=O)N2CCN(CCn3nc4c(cc3=O)CCC4)CC2)s1. The molecule has 1 fully saturated rings. The topological polar surface area (TPSA) is 83.4 Å². The lowest BCUT2D eigenvalue weighted by Crippen LogP contribution is -2.50. The maximum atomic E-state index is 12.3. The summed E-state index contributed by atoms with van der Waals surface area (Å²) in [6, 6.07) is 1.65. The van der Waals surface area contributed by atoms with Gasteiger partial charge in [0.05, 0.1) is 12.2 Å². The molecule has 0 aromatic carbocycles. The summed E-state index contributed by atoms with van der Waals surface area (Å²) in [5, 5.41) is 8.02. The number of carbonyl (C=O) groups is 1. The van der Waals surface area contributed by atoms with Crippen molar-refractivity contribution in [3.8, 4) is 0 Å². The van der Waals surface area contributed by atoms with Crippen LogP contribution in [0, 0.1) is 6.92 Å². The smallest absolute Gasteiger partial charge is 0.322 e. The molecule has 0 saturated carbocycles. The number of rotatable bonds is 4. The first-order valence-corrected chi connectivity index (χ1v) is 10.2. The van der Waals surface area contributed by atoms with Gasteiger partial charge in [-0.05, 0) is 31.7 Å². The highest BCUT2D eigenvalue weighted by molar-refractivity contribution is 7.15. The molecule has 1 N–H and O–H groups in total. The molecule has 144 valence electrons. The minimum absolute atomic E-state index is 0.00703. The van der Waals surface area contributed by atoms with Crippen molar-refractivity contribution in [1.29, 1.82) is 0 Å². The van der Waals surface area contributed by atoms with E-state index in [1.54, 1.807) is 16.9 Å². The van der Waals surface area contributed by atoms with E-state index >= 15 is 0 Å². The number of hydrogen-bond acceptors (Lipinski definition) is 6. The summed E-state index contributed by atoms with van der Waals surface area (Å²) in [7, 11) is 0. The maximum absolute atomic E-state index is 12.3. The van der Waals surface area contributed by atoms with Gasteiger partial charge in [-0.25, -0.2) is 14.5 Å². The highest BCUT2D eigenvalue weighted by atomic mass is 32.1. The van der Waals surface area contributed by atoms with E-state index in [1.165, 1.54) is 11.3 Å². The number of urea groups is 1. The second-order valence-corrected chi connectivity index (χ2v) is 8.30. The number of thiazole rings is 1. The second-order valence-electron chi connectivity index (χ2n) is 7.07. The van der Waals surface area contributed by atoms with Gasteiger partial charge in [0.2, 0.25) is 0 Å². The highest BCUT2D eigenvalue weighted by Gasteiger charge is 2.22. The van der Waals surface area contributed by atoms with Gasteiger partial charge in [0.25, 0.3) is 5.56 Å². The molecule has 2 aromatic rings. The summed E-state index contributed by atoms with van der Waals surface area (Å²) in [5.41, 5.74) is 2.19. The number of aryl methyl sites for hydroxylation is 3. The van der Waals surface area contributed by atoms with Gasteiger partial charge < -0.3 is 4.90 Å². The third-order valence-electron chi connectivity index (χ3n) is 5.15. The van der Waals surface area contributed by atoms with Crippen molar-refractivity contribution in [2.24, 2.45) is 0 Å². The highest BCUT2D eigenvalue weighted by Crippen LogP contribution is 2.18. The van der Waals surface area contributed by atoms with E-state index in [1.807, 2.05) is 11.8 Å². The Morgan fingerprint density at radius 1 is 1.22 bits per heavy atom. The number of aromatic nitrogens is 3. The monoisotopic (exact) mass is 388 g/mol. The summed E-state index contributed by atoms with van der Waals surface area (Å²) >= 11 is 1.48. The fourth-order valence-corrected chi connectivity index (χ4v) is 4.25. The number of nitrogens with one attached hydrogen (secondary N) is 1. The molecule has 1 aliphatic carbocycles. The van der Waals surface area contributed by atoms with Crippen molar-refractivity contribution in [3.05, 3.63) is 38.8 Å². The van der Waals surface area contributed by atoms with Crippen molar-refractivity contribution in [2.75, 3.05) is 38.0 Å². The average molecular weight is 388 g/mol. The Labute approximate surface area is 161 Å². The van der Waals surface area contributed by atoms with Gasteiger partial charge in [-0.3, -0.25) is 15.0 Å². The Morgan fingerprint density at radius 2 is 2.04 bits per heavy atom. The third kappa shape index (κ3) is 4.19. The van der Waals surface area contributed by atoms with Crippen molar-refractivity contribution in [2.45, 2.75) is 32.7 Å². The zero-order valence-corrected chi connectivity index (χ0v) is 16.3.